The second kappa shape index (κ2) is 11.6. The lowest BCUT2D eigenvalue weighted by Gasteiger charge is -2.22. The number of hydrogen-bond acceptors (Lipinski definition) is 5. The molecular formula is C21H31IN4O2S. The molecule has 1 aliphatic rings. The van der Waals surface area contributed by atoms with Crippen molar-refractivity contribution in [3.05, 3.63) is 39.8 Å². The second-order valence-electron chi connectivity index (χ2n) is 6.82. The van der Waals surface area contributed by atoms with Crippen LogP contribution in [0.1, 0.15) is 41.6 Å². The molecule has 0 saturated carbocycles. The lowest BCUT2D eigenvalue weighted by Crippen LogP contribution is -2.40. The largest absolute Gasteiger partial charge is 0.497 e. The predicted octanol–water partition coefficient (Wildman–Crippen LogP) is 4.30. The molecule has 1 atom stereocenters. The number of benzene rings is 1. The minimum absolute atomic E-state index is 0. The van der Waals surface area contributed by atoms with Crippen LogP contribution in [0, 0.1) is 0 Å². The second-order valence-corrected chi connectivity index (χ2v) is 8.02. The maximum atomic E-state index is 5.43. The molecule has 1 N–H and O–H groups in total. The standard InChI is InChI=1S/C21H30N4O2S.HI/c1-5-19-12-23-20(28-19)13-24-21(22-6-2)25-8-7-15(14-25)16-9-17(26-3)11-18(10-16)27-4;/h9-12,15H,5-8,13-14H2,1-4H3,(H,22,24);1H. The molecule has 3 rings (SSSR count). The van der Waals surface area contributed by atoms with E-state index in [-0.39, 0.29) is 24.0 Å². The number of guanidine groups is 1. The quantitative estimate of drug-likeness (QED) is 0.329. The Kier molecular flexibility index (Phi) is 9.48. The average molecular weight is 530 g/mol. The van der Waals surface area contributed by atoms with E-state index in [4.69, 9.17) is 14.5 Å². The van der Waals surface area contributed by atoms with Crippen LogP contribution in [0.4, 0.5) is 0 Å². The van der Waals surface area contributed by atoms with E-state index >= 15 is 0 Å². The lowest BCUT2D eigenvalue weighted by molar-refractivity contribution is 0.392. The number of thiazole rings is 1. The summed E-state index contributed by atoms with van der Waals surface area (Å²) >= 11 is 1.75. The first-order valence-electron chi connectivity index (χ1n) is 9.86. The fourth-order valence-corrected chi connectivity index (χ4v) is 4.23. The summed E-state index contributed by atoms with van der Waals surface area (Å²) in [6.07, 6.45) is 4.07. The Morgan fingerprint density at radius 2 is 1.97 bits per heavy atom. The number of ether oxygens (including phenoxy) is 2. The summed E-state index contributed by atoms with van der Waals surface area (Å²) < 4.78 is 10.9. The van der Waals surface area contributed by atoms with Crippen LogP contribution in [0.5, 0.6) is 11.5 Å². The molecule has 1 aromatic carbocycles. The summed E-state index contributed by atoms with van der Waals surface area (Å²) in [7, 11) is 3.38. The summed E-state index contributed by atoms with van der Waals surface area (Å²) in [5, 5.41) is 4.51. The van der Waals surface area contributed by atoms with Crippen LogP contribution in [0.3, 0.4) is 0 Å². The van der Waals surface area contributed by atoms with Crippen molar-refractivity contribution in [1.82, 2.24) is 15.2 Å². The van der Waals surface area contributed by atoms with Crippen molar-refractivity contribution in [2.75, 3.05) is 33.9 Å². The topological polar surface area (TPSA) is 59.0 Å². The van der Waals surface area contributed by atoms with Gasteiger partial charge in [-0.1, -0.05) is 6.92 Å². The van der Waals surface area contributed by atoms with E-state index in [1.54, 1.807) is 25.6 Å². The number of nitrogens with one attached hydrogen (secondary N) is 1. The molecule has 2 aromatic rings. The normalized spacial score (nSPS) is 16.5. The molecule has 0 aliphatic carbocycles. The molecule has 0 amide bonds. The van der Waals surface area contributed by atoms with Gasteiger partial charge in [0.2, 0.25) is 0 Å². The molecule has 1 fully saturated rings. The summed E-state index contributed by atoms with van der Waals surface area (Å²) in [5.74, 6) is 3.07. The zero-order valence-corrected chi connectivity index (χ0v) is 20.8. The molecule has 1 aromatic heterocycles. The van der Waals surface area contributed by atoms with Crippen LogP contribution in [-0.4, -0.2) is 49.7 Å². The predicted molar refractivity (Wildman–Crippen MR) is 130 cm³/mol. The van der Waals surface area contributed by atoms with Crippen LogP contribution < -0.4 is 14.8 Å². The van der Waals surface area contributed by atoms with E-state index in [2.05, 4.69) is 41.2 Å². The van der Waals surface area contributed by atoms with Gasteiger partial charge in [0, 0.05) is 42.7 Å². The summed E-state index contributed by atoms with van der Waals surface area (Å²) in [6.45, 7) is 7.65. The van der Waals surface area contributed by atoms with E-state index in [9.17, 15) is 0 Å². The molecule has 1 saturated heterocycles. The third kappa shape index (κ3) is 6.21. The van der Waals surface area contributed by atoms with E-state index in [1.807, 2.05) is 12.3 Å². The van der Waals surface area contributed by atoms with Gasteiger partial charge in [-0.15, -0.1) is 35.3 Å². The van der Waals surface area contributed by atoms with Gasteiger partial charge >= 0.3 is 0 Å². The fraction of sp³-hybridized carbons (Fsp3) is 0.524. The maximum absolute atomic E-state index is 5.43. The van der Waals surface area contributed by atoms with Crippen molar-refractivity contribution in [2.45, 2.75) is 39.2 Å². The highest BCUT2D eigenvalue weighted by Gasteiger charge is 2.27. The Morgan fingerprint density at radius 1 is 1.24 bits per heavy atom. The van der Waals surface area contributed by atoms with E-state index in [0.29, 0.717) is 12.5 Å². The maximum Gasteiger partial charge on any atom is 0.194 e. The molecule has 8 heteroatoms. The van der Waals surface area contributed by atoms with Crippen molar-refractivity contribution >= 4 is 41.3 Å². The minimum atomic E-state index is 0. The van der Waals surface area contributed by atoms with Gasteiger partial charge in [-0.2, -0.15) is 0 Å². The van der Waals surface area contributed by atoms with Crippen molar-refractivity contribution in [3.63, 3.8) is 0 Å². The molecule has 0 spiro atoms. The Bertz CT molecular complexity index is 789. The molecule has 0 bridgehead atoms. The SMILES string of the molecule is CCNC(=NCc1ncc(CC)s1)N1CCC(c2cc(OC)cc(OC)c2)C1.I. The molecule has 1 aliphatic heterocycles. The van der Waals surface area contributed by atoms with Gasteiger partial charge in [0.25, 0.3) is 0 Å². The smallest absolute Gasteiger partial charge is 0.194 e. The van der Waals surface area contributed by atoms with Gasteiger partial charge in [-0.25, -0.2) is 9.98 Å². The molecule has 160 valence electrons. The molecule has 29 heavy (non-hydrogen) atoms. The Labute approximate surface area is 194 Å². The first kappa shape index (κ1) is 23.7. The van der Waals surface area contributed by atoms with Crippen LogP contribution in [0.15, 0.2) is 29.4 Å². The van der Waals surface area contributed by atoms with Gasteiger partial charge in [-0.05, 0) is 37.5 Å². The Hall–Kier alpha value is -1.55. The van der Waals surface area contributed by atoms with Gasteiger partial charge in [0.05, 0.1) is 20.8 Å². The monoisotopic (exact) mass is 530 g/mol. The Balaban J connectivity index is 0.00000300. The van der Waals surface area contributed by atoms with E-state index in [1.165, 1.54) is 10.4 Å². The lowest BCUT2D eigenvalue weighted by atomic mass is 9.98. The van der Waals surface area contributed by atoms with Crippen molar-refractivity contribution in [2.24, 2.45) is 4.99 Å². The number of halogens is 1. The summed E-state index contributed by atoms with van der Waals surface area (Å²) in [6, 6.07) is 6.14. The number of nitrogens with zero attached hydrogens (tertiary/aromatic N) is 3. The first-order chi connectivity index (χ1) is 13.7. The van der Waals surface area contributed by atoms with Gasteiger partial charge in [0.15, 0.2) is 5.96 Å². The number of rotatable bonds is 7. The van der Waals surface area contributed by atoms with Crippen molar-refractivity contribution in [1.29, 1.82) is 0 Å². The van der Waals surface area contributed by atoms with Crippen molar-refractivity contribution < 1.29 is 9.47 Å². The summed E-state index contributed by atoms with van der Waals surface area (Å²) in [5.41, 5.74) is 1.25. The molecule has 1 unspecified atom stereocenters. The molecular weight excluding hydrogens is 499 g/mol. The highest BCUT2D eigenvalue weighted by Crippen LogP contribution is 2.33. The zero-order chi connectivity index (χ0) is 19.9. The number of methoxy groups -OCH3 is 2. The van der Waals surface area contributed by atoms with Crippen LogP contribution >= 0.6 is 35.3 Å². The number of hydrogen-bond donors (Lipinski definition) is 1. The first-order valence-corrected chi connectivity index (χ1v) is 10.7. The third-order valence-electron chi connectivity index (χ3n) is 4.98. The highest BCUT2D eigenvalue weighted by molar-refractivity contribution is 14.0. The summed E-state index contributed by atoms with van der Waals surface area (Å²) in [4.78, 5) is 13.0. The zero-order valence-electron chi connectivity index (χ0n) is 17.6. The Morgan fingerprint density at radius 3 is 2.55 bits per heavy atom. The van der Waals surface area contributed by atoms with Crippen molar-refractivity contribution in [3.8, 4) is 11.5 Å². The number of aromatic nitrogens is 1. The van der Waals surface area contributed by atoms with Crippen LogP contribution in [0.2, 0.25) is 0 Å². The average Bonchev–Trinajstić information content (AvgIpc) is 3.40. The highest BCUT2D eigenvalue weighted by atomic mass is 127. The number of aryl methyl sites for hydroxylation is 1. The van der Waals surface area contributed by atoms with E-state index in [0.717, 1.165) is 54.9 Å². The number of likely N-dealkylation sites (tertiary alicyclic amines) is 1. The molecule has 2 heterocycles. The van der Waals surface area contributed by atoms with E-state index < -0.39 is 0 Å². The number of aliphatic imine (C=N–C) groups is 1. The third-order valence-corrected chi connectivity index (χ3v) is 6.11. The van der Waals surface area contributed by atoms with Gasteiger partial charge in [0.1, 0.15) is 16.5 Å². The minimum Gasteiger partial charge on any atom is -0.497 e. The van der Waals surface area contributed by atoms with Crippen LogP contribution in [0.25, 0.3) is 0 Å². The fourth-order valence-electron chi connectivity index (χ4n) is 3.44. The molecule has 6 nitrogen and oxygen atoms in total. The molecule has 0 radical (unpaired) electrons. The van der Waals surface area contributed by atoms with Gasteiger partial charge < -0.3 is 19.7 Å². The van der Waals surface area contributed by atoms with Crippen LogP contribution in [-0.2, 0) is 13.0 Å². The van der Waals surface area contributed by atoms with Gasteiger partial charge in [-0.3, -0.25) is 0 Å².